The van der Waals surface area contributed by atoms with Crippen molar-refractivity contribution in [1.82, 2.24) is 9.97 Å². The van der Waals surface area contributed by atoms with Gasteiger partial charge in [-0.1, -0.05) is 12.1 Å². The smallest absolute Gasteiger partial charge is 0.135 e. The fourth-order valence-corrected chi connectivity index (χ4v) is 3.18. The minimum Gasteiger partial charge on any atom is -0.497 e. The molecule has 0 saturated carbocycles. The molecular weight excluding hydrogens is 362 g/mol. The first-order valence-corrected chi connectivity index (χ1v) is 10.0. The normalized spacial score (nSPS) is 10.4. The van der Waals surface area contributed by atoms with E-state index in [2.05, 4.69) is 75.7 Å². The maximum Gasteiger partial charge on any atom is 0.135 e. The summed E-state index contributed by atoms with van der Waals surface area (Å²) in [6.07, 6.45) is 2.46. The van der Waals surface area contributed by atoms with Gasteiger partial charge in [-0.3, -0.25) is 0 Å². The molecule has 0 radical (unpaired) electrons. The lowest BCUT2D eigenvalue weighted by Gasteiger charge is -2.21. The highest BCUT2D eigenvalue weighted by Crippen LogP contribution is 2.21. The molecule has 0 amide bonds. The van der Waals surface area contributed by atoms with Gasteiger partial charge < -0.3 is 20.3 Å². The Morgan fingerprint density at radius 3 is 2.41 bits per heavy atom. The first-order chi connectivity index (χ1) is 14.2. The predicted molar refractivity (Wildman–Crippen MR) is 121 cm³/mol. The van der Waals surface area contributed by atoms with Crippen molar-refractivity contribution < 1.29 is 4.74 Å². The summed E-state index contributed by atoms with van der Waals surface area (Å²) in [5.74, 6) is 2.44. The SMILES string of the molecule is CCN(CC)c1ccc(Nc2cc(NCCc3cccc(OC)c3)ncn2)cc1. The summed E-state index contributed by atoms with van der Waals surface area (Å²) < 4.78 is 5.27. The Kier molecular flexibility index (Phi) is 7.28. The van der Waals surface area contributed by atoms with Crippen LogP contribution in [0.1, 0.15) is 19.4 Å². The summed E-state index contributed by atoms with van der Waals surface area (Å²) in [5, 5.41) is 6.70. The Morgan fingerprint density at radius 1 is 0.931 bits per heavy atom. The first-order valence-electron chi connectivity index (χ1n) is 10.0. The third-order valence-corrected chi connectivity index (χ3v) is 4.79. The minimum atomic E-state index is 0.763. The zero-order valence-corrected chi connectivity index (χ0v) is 17.4. The number of benzene rings is 2. The number of aromatic nitrogens is 2. The molecular formula is C23H29N5O. The van der Waals surface area contributed by atoms with Crippen LogP contribution >= 0.6 is 0 Å². The molecule has 3 aromatic rings. The van der Waals surface area contributed by atoms with Gasteiger partial charge in [0.2, 0.25) is 0 Å². The highest BCUT2D eigenvalue weighted by atomic mass is 16.5. The fourth-order valence-electron chi connectivity index (χ4n) is 3.18. The zero-order chi connectivity index (χ0) is 20.5. The van der Waals surface area contributed by atoms with E-state index in [0.717, 1.165) is 49.1 Å². The lowest BCUT2D eigenvalue weighted by atomic mass is 10.1. The number of hydrogen-bond acceptors (Lipinski definition) is 6. The summed E-state index contributed by atoms with van der Waals surface area (Å²) in [4.78, 5) is 11.0. The van der Waals surface area contributed by atoms with Crippen LogP contribution < -0.4 is 20.3 Å². The van der Waals surface area contributed by atoms with Crippen molar-refractivity contribution in [3.8, 4) is 5.75 Å². The van der Waals surface area contributed by atoms with Crippen LogP contribution in [0.25, 0.3) is 0 Å². The van der Waals surface area contributed by atoms with Crippen molar-refractivity contribution in [3.05, 3.63) is 66.5 Å². The third-order valence-electron chi connectivity index (χ3n) is 4.79. The van der Waals surface area contributed by atoms with Crippen molar-refractivity contribution in [3.63, 3.8) is 0 Å². The molecule has 0 saturated heterocycles. The van der Waals surface area contributed by atoms with Crippen molar-refractivity contribution in [2.24, 2.45) is 0 Å². The Bertz CT molecular complexity index is 894. The van der Waals surface area contributed by atoms with Crippen LogP contribution in [-0.4, -0.2) is 36.7 Å². The quantitative estimate of drug-likeness (QED) is 0.521. The molecule has 29 heavy (non-hydrogen) atoms. The van der Waals surface area contributed by atoms with Crippen LogP contribution in [0.2, 0.25) is 0 Å². The third kappa shape index (κ3) is 5.85. The molecule has 1 heterocycles. The van der Waals surface area contributed by atoms with E-state index in [1.54, 1.807) is 13.4 Å². The molecule has 0 fully saturated rings. The number of ether oxygens (including phenoxy) is 1. The summed E-state index contributed by atoms with van der Waals surface area (Å²) in [6, 6.07) is 18.4. The number of anilines is 4. The standard InChI is InChI=1S/C23H29N5O/c1-4-28(5-2)20-11-9-19(10-12-20)27-23-16-22(25-17-26-23)24-14-13-18-7-6-8-21(15-18)29-3/h6-12,15-17H,4-5,13-14H2,1-3H3,(H2,24,25,26,27). The molecule has 6 heteroatoms. The van der Waals surface area contributed by atoms with E-state index >= 15 is 0 Å². The van der Waals surface area contributed by atoms with E-state index in [1.807, 2.05) is 18.2 Å². The number of rotatable bonds is 10. The summed E-state index contributed by atoms with van der Waals surface area (Å²) in [6.45, 7) is 7.11. The Hall–Kier alpha value is -3.28. The molecule has 0 aliphatic rings. The maximum absolute atomic E-state index is 5.27. The second-order valence-electron chi connectivity index (χ2n) is 6.66. The van der Waals surface area contributed by atoms with Gasteiger partial charge in [0.1, 0.15) is 23.7 Å². The van der Waals surface area contributed by atoms with E-state index in [-0.39, 0.29) is 0 Å². The van der Waals surface area contributed by atoms with Gasteiger partial charge in [0, 0.05) is 37.1 Å². The molecule has 3 rings (SSSR count). The van der Waals surface area contributed by atoms with Crippen LogP contribution in [-0.2, 0) is 6.42 Å². The van der Waals surface area contributed by atoms with Crippen LogP contribution in [0.3, 0.4) is 0 Å². The number of methoxy groups -OCH3 is 1. The van der Waals surface area contributed by atoms with Crippen LogP contribution in [0.5, 0.6) is 5.75 Å². The molecule has 0 spiro atoms. The van der Waals surface area contributed by atoms with Gasteiger partial charge in [0.25, 0.3) is 0 Å². The molecule has 0 aliphatic heterocycles. The van der Waals surface area contributed by atoms with Gasteiger partial charge in [-0.15, -0.1) is 0 Å². The maximum atomic E-state index is 5.27. The first kappa shape index (κ1) is 20.5. The van der Waals surface area contributed by atoms with Gasteiger partial charge in [0.05, 0.1) is 7.11 Å². The van der Waals surface area contributed by atoms with Crippen molar-refractivity contribution in [2.45, 2.75) is 20.3 Å². The van der Waals surface area contributed by atoms with Gasteiger partial charge in [-0.25, -0.2) is 9.97 Å². The Morgan fingerprint density at radius 2 is 1.69 bits per heavy atom. The predicted octanol–water partition coefficient (Wildman–Crippen LogP) is 4.73. The average molecular weight is 392 g/mol. The van der Waals surface area contributed by atoms with Gasteiger partial charge in [-0.05, 0) is 62.2 Å². The van der Waals surface area contributed by atoms with Crippen LogP contribution in [0.15, 0.2) is 60.9 Å². The second-order valence-corrected chi connectivity index (χ2v) is 6.66. The molecule has 1 aromatic heterocycles. The van der Waals surface area contributed by atoms with E-state index in [9.17, 15) is 0 Å². The Labute approximate surface area is 173 Å². The second kappa shape index (κ2) is 10.3. The molecule has 0 atom stereocenters. The largest absolute Gasteiger partial charge is 0.497 e. The van der Waals surface area contributed by atoms with E-state index in [4.69, 9.17) is 4.74 Å². The number of hydrogen-bond donors (Lipinski definition) is 2. The summed E-state index contributed by atoms with van der Waals surface area (Å²) in [5.41, 5.74) is 3.45. The van der Waals surface area contributed by atoms with Crippen LogP contribution in [0, 0.1) is 0 Å². The van der Waals surface area contributed by atoms with Crippen molar-refractivity contribution >= 4 is 23.0 Å². The van der Waals surface area contributed by atoms with Gasteiger partial charge in [-0.2, -0.15) is 0 Å². The molecule has 2 aromatic carbocycles. The highest BCUT2D eigenvalue weighted by molar-refractivity contribution is 5.62. The molecule has 2 N–H and O–H groups in total. The number of nitrogens with one attached hydrogen (secondary N) is 2. The lowest BCUT2D eigenvalue weighted by molar-refractivity contribution is 0.414. The van der Waals surface area contributed by atoms with E-state index in [1.165, 1.54) is 11.3 Å². The topological polar surface area (TPSA) is 62.3 Å². The summed E-state index contributed by atoms with van der Waals surface area (Å²) >= 11 is 0. The fraction of sp³-hybridized carbons (Fsp3) is 0.304. The van der Waals surface area contributed by atoms with E-state index < -0.39 is 0 Å². The minimum absolute atomic E-state index is 0.763. The van der Waals surface area contributed by atoms with E-state index in [0.29, 0.717) is 0 Å². The lowest BCUT2D eigenvalue weighted by Crippen LogP contribution is -2.21. The molecule has 6 nitrogen and oxygen atoms in total. The van der Waals surface area contributed by atoms with Gasteiger partial charge >= 0.3 is 0 Å². The van der Waals surface area contributed by atoms with Crippen molar-refractivity contribution in [2.75, 3.05) is 42.3 Å². The Balaban J connectivity index is 1.56. The summed E-state index contributed by atoms with van der Waals surface area (Å²) in [7, 11) is 1.68. The molecule has 0 unspecified atom stereocenters. The van der Waals surface area contributed by atoms with Crippen LogP contribution in [0.4, 0.5) is 23.0 Å². The monoisotopic (exact) mass is 391 g/mol. The number of nitrogens with zero attached hydrogens (tertiary/aromatic N) is 3. The average Bonchev–Trinajstić information content (AvgIpc) is 2.76. The molecule has 0 bridgehead atoms. The zero-order valence-electron chi connectivity index (χ0n) is 17.4. The molecule has 152 valence electrons. The van der Waals surface area contributed by atoms with Crippen molar-refractivity contribution in [1.29, 1.82) is 0 Å². The molecule has 0 aliphatic carbocycles. The van der Waals surface area contributed by atoms with Gasteiger partial charge in [0.15, 0.2) is 0 Å². The highest BCUT2D eigenvalue weighted by Gasteiger charge is 2.03.